The van der Waals surface area contributed by atoms with Crippen molar-refractivity contribution in [2.45, 2.75) is 75.1 Å². The van der Waals surface area contributed by atoms with E-state index in [0.29, 0.717) is 18.7 Å². The van der Waals surface area contributed by atoms with Gasteiger partial charge >= 0.3 is 5.97 Å². The van der Waals surface area contributed by atoms with Crippen molar-refractivity contribution in [3.8, 4) is 0 Å². The van der Waals surface area contributed by atoms with E-state index >= 15 is 0 Å². The molecule has 0 aromatic heterocycles. The maximum absolute atomic E-state index is 12.6. The lowest BCUT2D eigenvalue weighted by atomic mass is 9.96. The van der Waals surface area contributed by atoms with Crippen LogP contribution in [-0.2, 0) is 30.8 Å². The molecule has 0 radical (unpaired) electrons. The Bertz CT molecular complexity index is 1130. The van der Waals surface area contributed by atoms with Gasteiger partial charge in [-0.05, 0) is 74.2 Å². The second-order valence-electron chi connectivity index (χ2n) is 9.15. The lowest BCUT2D eigenvalue weighted by molar-refractivity contribution is -0.143. The van der Waals surface area contributed by atoms with Gasteiger partial charge in [0.15, 0.2) is 5.11 Å². The number of ether oxygens (including phenoxy) is 1. The second-order valence-corrected chi connectivity index (χ2v) is 11.3. The minimum Gasteiger partial charge on any atom is -0.466 e. The molecule has 1 saturated carbocycles. The zero-order chi connectivity index (χ0) is 26.5. The van der Waals surface area contributed by atoms with Gasteiger partial charge in [-0.2, -0.15) is 0 Å². The number of hydrogen-bond donors (Lipinski definition) is 3. The third kappa shape index (κ3) is 10.6. The van der Waals surface area contributed by atoms with Crippen LogP contribution in [0.25, 0.3) is 0 Å². The number of hydrogen-bond acceptors (Lipinski definition) is 6. The van der Waals surface area contributed by atoms with E-state index in [2.05, 4.69) is 15.4 Å². The van der Waals surface area contributed by atoms with Crippen LogP contribution in [0.2, 0.25) is 0 Å². The van der Waals surface area contributed by atoms with Gasteiger partial charge in [0, 0.05) is 24.6 Å². The van der Waals surface area contributed by atoms with Crippen LogP contribution in [0, 0.1) is 0 Å². The molecular formula is C27H35N3O5S2. The molecule has 0 atom stereocenters. The number of carbonyl (C=O) groups is 2. The number of amides is 1. The first kappa shape index (κ1) is 28.7. The fraction of sp³-hybridized carbons (Fsp3) is 0.444. The molecule has 0 spiro atoms. The highest BCUT2D eigenvalue weighted by molar-refractivity contribution is 7.89. The summed E-state index contributed by atoms with van der Waals surface area (Å²) >= 11 is 5.17. The summed E-state index contributed by atoms with van der Waals surface area (Å²) in [5, 5.41) is 5.54. The monoisotopic (exact) mass is 545 g/mol. The molecule has 2 aromatic rings. The van der Waals surface area contributed by atoms with Crippen molar-refractivity contribution in [1.82, 2.24) is 10.0 Å². The summed E-state index contributed by atoms with van der Waals surface area (Å²) in [5.74, 6) is -0.639. The van der Waals surface area contributed by atoms with Gasteiger partial charge in [0.2, 0.25) is 15.9 Å². The van der Waals surface area contributed by atoms with Crippen molar-refractivity contribution in [2.24, 2.45) is 0 Å². The Morgan fingerprint density at radius 1 is 0.919 bits per heavy atom. The normalized spacial score (nSPS) is 14.1. The minimum absolute atomic E-state index is 0.0131. The lowest BCUT2D eigenvalue weighted by Gasteiger charge is -2.22. The molecule has 0 bridgehead atoms. The van der Waals surface area contributed by atoms with Gasteiger partial charge in [-0.15, -0.1) is 0 Å². The number of thiocarbonyl (C=S) groups is 1. The van der Waals surface area contributed by atoms with Crippen molar-refractivity contribution in [2.75, 3.05) is 11.9 Å². The van der Waals surface area contributed by atoms with E-state index in [0.717, 1.165) is 44.9 Å². The smallest absolute Gasteiger partial charge is 0.305 e. The first-order chi connectivity index (χ1) is 17.8. The van der Waals surface area contributed by atoms with Crippen molar-refractivity contribution in [3.63, 3.8) is 0 Å². The average molecular weight is 546 g/mol. The van der Waals surface area contributed by atoms with Crippen LogP contribution in [0.3, 0.4) is 0 Å². The number of anilines is 1. The van der Waals surface area contributed by atoms with Crippen LogP contribution < -0.4 is 15.4 Å². The lowest BCUT2D eigenvalue weighted by Crippen LogP contribution is -2.36. The zero-order valence-electron chi connectivity index (χ0n) is 20.9. The summed E-state index contributed by atoms with van der Waals surface area (Å²) in [5.41, 5.74) is 1.76. The second kappa shape index (κ2) is 14.8. The molecule has 0 aliphatic heterocycles. The van der Waals surface area contributed by atoms with Crippen molar-refractivity contribution >= 4 is 44.9 Å². The Hall–Kier alpha value is -2.82. The Kier molecular flexibility index (Phi) is 11.5. The number of carbonyl (C=O) groups excluding carboxylic acids is 2. The highest BCUT2D eigenvalue weighted by Crippen LogP contribution is 2.21. The number of esters is 1. The molecule has 0 unspecified atom stereocenters. The summed E-state index contributed by atoms with van der Waals surface area (Å²) in [6, 6.07) is 16.2. The van der Waals surface area contributed by atoms with Gasteiger partial charge in [0.1, 0.15) is 0 Å². The molecule has 37 heavy (non-hydrogen) atoms. The highest BCUT2D eigenvalue weighted by Gasteiger charge is 2.21. The molecule has 1 amide bonds. The average Bonchev–Trinajstić information content (AvgIpc) is 2.88. The molecule has 1 aliphatic carbocycles. The minimum atomic E-state index is -3.58. The molecule has 8 nitrogen and oxygen atoms in total. The molecule has 3 rings (SSSR count). The van der Waals surface area contributed by atoms with Gasteiger partial charge < -0.3 is 15.4 Å². The van der Waals surface area contributed by atoms with Crippen LogP contribution in [-0.4, -0.2) is 38.1 Å². The van der Waals surface area contributed by atoms with E-state index in [9.17, 15) is 18.0 Å². The number of benzene rings is 2. The number of sulfonamides is 1. The van der Waals surface area contributed by atoms with E-state index in [4.69, 9.17) is 17.0 Å². The van der Waals surface area contributed by atoms with Crippen LogP contribution in [0.1, 0.15) is 63.4 Å². The fourth-order valence-electron chi connectivity index (χ4n) is 4.15. The van der Waals surface area contributed by atoms with E-state index in [-0.39, 0.29) is 40.8 Å². The molecule has 0 heterocycles. The molecule has 10 heteroatoms. The molecule has 1 aliphatic rings. The first-order valence-corrected chi connectivity index (χ1v) is 14.6. The van der Waals surface area contributed by atoms with Crippen LogP contribution in [0.5, 0.6) is 0 Å². The van der Waals surface area contributed by atoms with E-state index in [1.807, 2.05) is 30.3 Å². The SMILES string of the molecule is O=C(CCCC(=O)OCCCc1ccccc1)NC(=S)Nc1ccc(S(=O)(=O)NC2CCCCC2)cc1. The third-order valence-electron chi connectivity index (χ3n) is 6.10. The highest BCUT2D eigenvalue weighted by atomic mass is 32.2. The van der Waals surface area contributed by atoms with E-state index in [1.54, 1.807) is 12.1 Å². The summed E-state index contributed by atoms with van der Waals surface area (Å²) in [6.07, 6.45) is 7.19. The van der Waals surface area contributed by atoms with Crippen molar-refractivity contribution < 1.29 is 22.7 Å². The fourth-order valence-corrected chi connectivity index (χ4v) is 5.69. The van der Waals surface area contributed by atoms with Crippen LogP contribution in [0.4, 0.5) is 5.69 Å². The first-order valence-electron chi connectivity index (χ1n) is 12.7. The van der Waals surface area contributed by atoms with Crippen molar-refractivity contribution in [3.05, 3.63) is 60.2 Å². The summed E-state index contributed by atoms with van der Waals surface area (Å²) in [6.45, 7) is 0.352. The zero-order valence-corrected chi connectivity index (χ0v) is 22.5. The standard InChI is InChI=1S/C27H35N3O5S2/c31-25(14-7-15-26(32)35-20-8-11-21-9-3-1-4-10-21)29-27(36)28-22-16-18-24(19-17-22)37(33,34)30-23-12-5-2-6-13-23/h1,3-4,9-10,16-19,23,30H,2,5-8,11-15,20H2,(H2,28,29,31,36). The molecular weight excluding hydrogens is 510 g/mol. The molecule has 2 aromatic carbocycles. The number of rotatable bonds is 12. The summed E-state index contributed by atoms with van der Waals surface area (Å²) in [4.78, 5) is 24.2. The third-order valence-corrected chi connectivity index (χ3v) is 7.84. The summed E-state index contributed by atoms with van der Waals surface area (Å²) in [7, 11) is -3.58. The quantitative estimate of drug-likeness (QED) is 0.205. The van der Waals surface area contributed by atoms with E-state index in [1.165, 1.54) is 17.7 Å². The summed E-state index contributed by atoms with van der Waals surface area (Å²) < 4.78 is 33.2. The Labute approximate surface area is 224 Å². The van der Waals surface area contributed by atoms with Gasteiger partial charge in [0.05, 0.1) is 11.5 Å². The van der Waals surface area contributed by atoms with Gasteiger partial charge in [-0.1, -0.05) is 49.6 Å². The molecule has 0 saturated heterocycles. The van der Waals surface area contributed by atoms with Crippen molar-refractivity contribution in [1.29, 1.82) is 0 Å². The van der Waals surface area contributed by atoms with Gasteiger partial charge in [-0.25, -0.2) is 13.1 Å². The van der Waals surface area contributed by atoms with Gasteiger partial charge in [0.25, 0.3) is 0 Å². The Morgan fingerprint density at radius 3 is 2.32 bits per heavy atom. The maximum atomic E-state index is 12.6. The van der Waals surface area contributed by atoms with E-state index < -0.39 is 10.0 Å². The molecule has 3 N–H and O–H groups in total. The molecule has 1 fully saturated rings. The predicted molar refractivity (Wildman–Crippen MR) is 148 cm³/mol. The topological polar surface area (TPSA) is 114 Å². The maximum Gasteiger partial charge on any atom is 0.305 e. The number of aryl methyl sites for hydroxylation is 1. The van der Waals surface area contributed by atoms with Crippen LogP contribution in [0.15, 0.2) is 59.5 Å². The van der Waals surface area contributed by atoms with Crippen LogP contribution >= 0.6 is 12.2 Å². The Balaban J connectivity index is 1.30. The van der Waals surface area contributed by atoms with Gasteiger partial charge in [-0.3, -0.25) is 9.59 Å². The predicted octanol–water partition coefficient (Wildman–Crippen LogP) is 4.46. The molecule has 200 valence electrons. The largest absolute Gasteiger partial charge is 0.466 e. The number of nitrogens with one attached hydrogen (secondary N) is 3. The Morgan fingerprint density at radius 2 is 1.62 bits per heavy atom.